The summed E-state index contributed by atoms with van der Waals surface area (Å²) in [5, 5.41) is 5.06. The van der Waals surface area contributed by atoms with E-state index >= 15 is 0 Å². The predicted octanol–water partition coefficient (Wildman–Crippen LogP) is 6.25. The number of rotatable bonds is 5. The first-order valence-corrected chi connectivity index (χ1v) is 13.1. The first-order chi connectivity index (χ1) is 17.2. The van der Waals surface area contributed by atoms with Crippen LogP contribution in [0.25, 0.3) is 10.9 Å². The van der Waals surface area contributed by atoms with Gasteiger partial charge < -0.3 is 14.2 Å². The molecule has 0 aliphatic carbocycles. The summed E-state index contributed by atoms with van der Waals surface area (Å²) in [7, 11) is 0. The summed E-state index contributed by atoms with van der Waals surface area (Å²) in [4.78, 5) is 18.1. The van der Waals surface area contributed by atoms with Crippen LogP contribution in [0.15, 0.2) is 69.0 Å². The van der Waals surface area contributed by atoms with Crippen LogP contribution in [0.2, 0.25) is 0 Å². The Bertz CT molecular complexity index is 1560. The minimum atomic E-state index is -0.376. The number of fused-ring (bicyclic) bond motifs is 2. The van der Waals surface area contributed by atoms with Crippen molar-refractivity contribution in [3.8, 4) is 17.2 Å². The fourth-order valence-electron chi connectivity index (χ4n) is 3.77. The van der Waals surface area contributed by atoms with Crippen LogP contribution in [-0.2, 0) is 12.0 Å². The number of aromatic nitrogens is 2. The van der Waals surface area contributed by atoms with Crippen molar-refractivity contribution in [1.29, 1.82) is 0 Å². The molecule has 184 valence electrons. The molecule has 9 heteroatoms. The third-order valence-electron chi connectivity index (χ3n) is 5.59. The summed E-state index contributed by atoms with van der Waals surface area (Å²) in [5.41, 5.74) is 1.90. The molecule has 4 aromatic rings. The third kappa shape index (κ3) is 5.12. The molecule has 0 spiro atoms. The highest BCUT2D eigenvalue weighted by Crippen LogP contribution is 2.33. The van der Waals surface area contributed by atoms with E-state index in [1.807, 2.05) is 69.3 Å². The van der Waals surface area contributed by atoms with Gasteiger partial charge in [0, 0.05) is 9.89 Å². The molecule has 3 aromatic carbocycles. The standard InChI is InChI=1S/C27H23BrIN3O4/c1-27(2,3)26-31-21-7-6-18(28)12-19(21)25(33)32(26)30-13-16-4-8-22(20(29)10-16)34-14-17-5-9-23-24(11-17)36-15-35-23/h4-13H,14-15H2,1-3H3. The lowest BCUT2D eigenvalue weighted by Gasteiger charge is -2.20. The topological polar surface area (TPSA) is 74.9 Å². The van der Waals surface area contributed by atoms with Crippen molar-refractivity contribution in [3.63, 3.8) is 0 Å². The van der Waals surface area contributed by atoms with Gasteiger partial charge in [0.2, 0.25) is 6.79 Å². The van der Waals surface area contributed by atoms with E-state index in [2.05, 4.69) is 43.6 Å². The molecular weight excluding hydrogens is 637 g/mol. The summed E-state index contributed by atoms with van der Waals surface area (Å²) < 4.78 is 20.0. The van der Waals surface area contributed by atoms with Crippen molar-refractivity contribution in [3.05, 3.63) is 89.9 Å². The van der Waals surface area contributed by atoms with Gasteiger partial charge in [-0.05, 0) is 82.2 Å². The molecule has 1 aliphatic heterocycles. The van der Waals surface area contributed by atoms with Gasteiger partial charge in [0.05, 0.1) is 20.7 Å². The lowest BCUT2D eigenvalue weighted by atomic mass is 9.95. The van der Waals surface area contributed by atoms with E-state index < -0.39 is 0 Å². The van der Waals surface area contributed by atoms with Crippen molar-refractivity contribution >= 4 is 55.6 Å². The first kappa shape index (κ1) is 24.8. The summed E-state index contributed by atoms with van der Waals surface area (Å²) in [6.07, 6.45) is 1.67. The van der Waals surface area contributed by atoms with Crippen LogP contribution in [0.3, 0.4) is 0 Å². The maximum absolute atomic E-state index is 13.3. The van der Waals surface area contributed by atoms with Crippen LogP contribution in [0.4, 0.5) is 0 Å². The molecule has 7 nitrogen and oxygen atoms in total. The highest BCUT2D eigenvalue weighted by Gasteiger charge is 2.23. The maximum atomic E-state index is 13.3. The molecule has 0 saturated carbocycles. The van der Waals surface area contributed by atoms with Crippen molar-refractivity contribution in [1.82, 2.24) is 9.66 Å². The van der Waals surface area contributed by atoms with E-state index in [1.165, 1.54) is 4.68 Å². The molecular formula is C27H23BrIN3O4. The van der Waals surface area contributed by atoms with Crippen LogP contribution in [0.1, 0.15) is 37.7 Å². The molecule has 36 heavy (non-hydrogen) atoms. The Hall–Kier alpha value is -2.92. The normalized spacial score (nSPS) is 13.0. The zero-order valence-corrected chi connectivity index (χ0v) is 23.7. The van der Waals surface area contributed by atoms with E-state index in [0.29, 0.717) is 23.3 Å². The molecule has 2 heterocycles. The van der Waals surface area contributed by atoms with Crippen molar-refractivity contribution in [2.24, 2.45) is 5.10 Å². The van der Waals surface area contributed by atoms with Gasteiger partial charge in [-0.2, -0.15) is 9.78 Å². The van der Waals surface area contributed by atoms with Crippen LogP contribution < -0.4 is 19.8 Å². The molecule has 0 N–H and O–H groups in total. The Balaban J connectivity index is 1.40. The highest BCUT2D eigenvalue weighted by atomic mass is 127. The van der Waals surface area contributed by atoms with E-state index in [0.717, 1.165) is 36.4 Å². The van der Waals surface area contributed by atoms with E-state index in [4.69, 9.17) is 19.2 Å². The van der Waals surface area contributed by atoms with Crippen LogP contribution in [-0.4, -0.2) is 22.7 Å². The van der Waals surface area contributed by atoms with Crippen molar-refractivity contribution in [2.45, 2.75) is 32.8 Å². The van der Waals surface area contributed by atoms with Gasteiger partial charge in [0.25, 0.3) is 5.56 Å². The summed E-state index contributed by atoms with van der Waals surface area (Å²) in [5.74, 6) is 2.84. The fourth-order valence-corrected chi connectivity index (χ4v) is 4.83. The Labute approximate surface area is 230 Å². The minimum absolute atomic E-state index is 0.208. The molecule has 0 radical (unpaired) electrons. The molecule has 0 saturated heterocycles. The Kier molecular flexibility index (Phi) is 6.78. The predicted molar refractivity (Wildman–Crippen MR) is 151 cm³/mol. The third-order valence-corrected chi connectivity index (χ3v) is 6.92. The lowest BCUT2D eigenvalue weighted by Crippen LogP contribution is -2.29. The van der Waals surface area contributed by atoms with E-state index in [1.54, 1.807) is 12.3 Å². The first-order valence-electron chi connectivity index (χ1n) is 11.3. The number of benzene rings is 3. The molecule has 0 amide bonds. The number of halogens is 2. The number of nitrogens with zero attached hydrogens (tertiary/aromatic N) is 3. The average Bonchev–Trinajstić information content (AvgIpc) is 3.30. The van der Waals surface area contributed by atoms with Gasteiger partial charge in [-0.15, -0.1) is 0 Å². The maximum Gasteiger partial charge on any atom is 0.282 e. The van der Waals surface area contributed by atoms with Gasteiger partial charge in [0.15, 0.2) is 11.5 Å². The number of ether oxygens (including phenoxy) is 3. The van der Waals surface area contributed by atoms with Gasteiger partial charge in [0.1, 0.15) is 18.2 Å². The Morgan fingerprint density at radius 1 is 1.11 bits per heavy atom. The molecule has 0 atom stereocenters. The van der Waals surface area contributed by atoms with Crippen LogP contribution >= 0.6 is 38.5 Å². The Morgan fingerprint density at radius 3 is 2.69 bits per heavy atom. The molecule has 1 aromatic heterocycles. The zero-order valence-electron chi connectivity index (χ0n) is 19.9. The largest absolute Gasteiger partial charge is 0.488 e. The van der Waals surface area contributed by atoms with Gasteiger partial charge in [-0.1, -0.05) is 42.8 Å². The van der Waals surface area contributed by atoms with Gasteiger partial charge in [-0.25, -0.2) is 4.98 Å². The van der Waals surface area contributed by atoms with Crippen molar-refractivity contribution < 1.29 is 14.2 Å². The summed E-state index contributed by atoms with van der Waals surface area (Å²) in [6.45, 7) is 6.70. The number of hydrogen-bond acceptors (Lipinski definition) is 6. The van der Waals surface area contributed by atoms with Crippen LogP contribution in [0.5, 0.6) is 17.2 Å². The molecule has 5 rings (SSSR count). The second-order valence-electron chi connectivity index (χ2n) is 9.37. The Morgan fingerprint density at radius 2 is 1.92 bits per heavy atom. The smallest absolute Gasteiger partial charge is 0.282 e. The van der Waals surface area contributed by atoms with Gasteiger partial charge >= 0.3 is 0 Å². The van der Waals surface area contributed by atoms with Crippen LogP contribution in [0, 0.1) is 3.57 Å². The molecule has 1 aliphatic rings. The minimum Gasteiger partial charge on any atom is -0.488 e. The zero-order chi connectivity index (χ0) is 25.4. The second kappa shape index (κ2) is 9.85. The lowest BCUT2D eigenvalue weighted by molar-refractivity contribution is 0.174. The van der Waals surface area contributed by atoms with E-state index in [-0.39, 0.29) is 17.8 Å². The highest BCUT2D eigenvalue weighted by molar-refractivity contribution is 14.1. The molecule has 0 unspecified atom stereocenters. The molecule has 0 bridgehead atoms. The average molecular weight is 660 g/mol. The fraction of sp³-hybridized carbons (Fsp3) is 0.222. The SMILES string of the molecule is CC(C)(C)c1nc2ccc(Br)cc2c(=O)n1N=Cc1ccc(OCc2ccc3c(c2)OCO3)c(I)c1. The summed E-state index contributed by atoms with van der Waals surface area (Å²) >= 11 is 5.68. The van der Waals surface area contributed by atoms with Crippen molar-refractivity contribution in [2.75, 3.05) is 6.79 Å². The van der Waals surface area contributed by atoms with E-state index in [9.17, 15) is 4.79 Å². The quantitative estimate of drug-likeness (QED) is 0.187. The molecule has 0 fully saturated rings. The number of hydrogen-bond donors (Lipinski definition) is 0. The summed E-state index contributed by atoms with van der Waals surface area (Å²) in [6, 6.07) is 17.1. The van der Waals surface area contributed by atoms with Gasteiger partial charge in [-0.3, -0.25) is 4.79 Å². The second-order valence-corrected chi connectivity index (χ2v) is 11.5. The monoisotopic (exact) mass is 659 g/mol.